The smallest absolute Gasteiger partial charge is 0.194 e. The first kappa shape index (κ1) is 15.6. The number of guanidine groups is 1. The molecule has 0 amide bonds. The largest absolute Gasteiger partial charge is 0.357 e. The van der Waals surface area contributed by atoms with E-state index in [1.807, 2.05) is 0 Å². The Morgan fingerprint density at radius 2 is 2.05 bits per heavy atom. The van der Waals surface area contributed by atoms with Crippen LogP contribution in [0, 0.1) is 5.92 Å². The van der Waals surface area contributed by atoms with Crippen molar-refractivity contribution < 1.29 is 0 Å². The fourth-order valence-corrected chi connectivity index (χ4v) is 2.47. The molecule has 2 rings (SSSR count). The highest BCUT2D eigenvalue weighted by Gasteiger charge is 2.16. The van der Waals surface area contributed by atoms with Crippen molar-refractivity contribution in [3.8, 4) is 0 Å². The van der Waals surface area contributed by atoms with E-state index < -0.39 is 0 Å². The van der Waals surface area contributed by atoms with Crippen LogP contribution in [0.4, 0.5) is 0 Å². The molecule has 0 aliphatic carbocycles. The second-order valence-corrected chi connectivity index (χ2v) is 5.88. The van der Waals surface area contributed by atoms with Gasteiger partial charge in [0.15, 0.2) is 5.96 Å². The van der Waals surface area contributed by atoms with Gasteiger partial charge in [-0.25, -0.2) is 0 Å². The van der Waals surface area contributed by atoms with Crippen molar-refractivity contribution in [1.82, 2.24) is 10.2 Å². The summed E-state index contributed by atoms with van der Waals surface area (Å²) in [6, 6.07) is 10.7. The molecule has 21 heavy (non-hydrogen) atoms. The molecule has 0 saturated heterocycles. The van der Waals surface area contributed by atoms with E-state index in [1.165, 1.54) is 11.1 Å². The van der Waals surface area contributed by atoms with Gasteiger partial charge in [-0.3, -0.25) is 4.99 Å². The summed E-state index contributed by atoms with van der Waals surface area (Å²) in [5.74, 6) is 1.65. The second-order valence-electron chi connectivity index (χ2n) is 5.88. The molecule has 0 unspecified atom stereocenters. The Morgan fingerprint density at radius 1 is 1.29 bits per heavy atom. The van der Waals surface area contributed by atoms with Crippen molar-refractivity contribution in [2.24, 2.45) is 10.9 Å². The van der Waals surface area contributed by atoms with Gasteiger partial charge in [0.25, 0.3) is 0 Å². The van der Waals surface area contributed by atoms with Crippen LogP contribution in [0.1, 0.15) is 32.8 Å². The summed E-state index contributed by atoms with van der Waals surface area (Å²) >= 11 is 0. The lowest BCUT2D eigenvalue weighted by molar-refractivity contribution is 0.438. The zero-order valence-electron chi connectivity index (χ0n) is 13.5. The number of hydrogen-bond acceptors (Lipinski definition) is 1. The van der Waals surface area contributed by atoms with Gasteiger partial charge in [0.05, 0.1) is 0 Å². The molecule has 3 nitrogen and oxygen atoms in total. The fraction of sp³-hybridized carbons (Fsp3) is 0.500. The van der Waals surface area contributed by atoms with Gasteiger partial charge < -0.3 is 10.2 Å². The average molecular weight is 285 g/mol. The average Bonchev–Trinajstić information content (AvgIpc) is 2.52. The zero-order chi connectivity index (χ0) is 15.1. The summed E-state index contributed by atoms with van der Waals surface area (Å²) in [5.41, 5.74) is 2.80. The molecule has 0 fully saturated rings. The Morgan fingerprint density at radius 3 is 2.62 bits per heavy atom. The van der Waals surface area contributed by atoms with Crippen LogP contribution in [-0.2, 0) is 0 Å². The van der Waals surface area contributed by atoms with Gasteiger partial charge in [-0.15, -0.1) is 0 Å². The molecule has 0 atom stereocenters. The van der Waals surface area contributed by atoms with Gasteiger partial charge in [-0.2, -0.15) is 0 Å². The van der Waals surface area contributed by atoms with Crippen molar-refractivity contribution in [2.45, 2.75) is 27.2 Å². The minimum atomic E-state index is 0.596. The molecule has 0 radical (unpaired) electrons. The molecule has 0 bridgehead atoms. The minimum Gasteiger partial charge on any atom is -0.357 e. The number of nitrogens with one attached hydrogen (secondary N) is 1. The van der Waals surface area contributed by atoms with E-state index in [0.29, 0.717) is 5.92 Å². The van der Waals surface area contributed by atoms with Crippen LogP contribution >= 0.6 is 0 Å². The third-order valence-electron chi connectivity index (χ3n) is 3.59. The standard InChI is InChI=1S/C18H27N3/c1-4-19-18(20-14-15(2)3)21-12-10-17(11-13-21)16-8-6-5-7-9-16/h5-10,15H,4,11-14H2,1-3H3,(H,19,20). The van der Waals surface area contributed by atoms with E-state index in [-0.39, 0.29) is 0 Å². The summed E-state index contributed by atoms with van der Waals surface area (Å²) in [4.78, 5) is 7.08. The van der Waals surface area contributed by atoms with Crippen LogP contribution in [0.15, 0.2) is 41.4 Å². The molecule has 1 N–H and O–H groups in total. The van der Waals surface area contributed by atoms with Crippen molar-refractivity contribution in [3.05, 3.63) is 42.0 Å². The Labute approximate surface area is 128 Å². The maximum absolute atomic E-state index is 4.74. The van der Waals surface area contributed by atoms with Crippen LogP contribution in [0.2, 0.25) is 0 Å². The van der Waals surface area contributed by atoms with Crippen molar-refractivity contribution in [3.63, 3.8) is 0 Å². The lowest BCUT2D eigenvalue weighted by Gasteiger charge is -2.30. The predicted octanol–water partition coefficient (Wildman–Crippen LogP) is 3.40. The van der Waals surface area contributed by atoms with Crippen LogP contribution in [0.3, 0.4) is 0 Å². The van der Waals surface area contributed by atoms with Crippen molar-refractivity contribution in [2.75, 3.05) is 26.2 Å². The SMILES string of the molecule is CCNC(=NCC(C)C)N1CC=C(c2ccccc2)CC1. The quantitative estimate of drug-likeness (QED) is 0.678. The summed E-state index contributed by atoms with van der Waals surface area (Å²) in [7, 11) is 0. The van der Waals surface area contributed by atoms with Crippen molar-refractivity contribution in [1.29, 1.82) is 0 Å². The highest BCUT2D eigenvalue weighted by molar-refractivity contribution is 5.81. The van der Waals surface area contributed by atoms with Crippen molar-refractivity contribution >= 4 is 11.5 Å². The zero-order valence-corrected chi connectivity index (χ0v) is 13.5. The van der Waals surface area contributed by atoms with E-state index in [0.717, 1.165) is 38.6 Å². The molecule has 1 aromatic rings. The molecule has 1 aromatic carbocycles. The summed E-state index contributed by atoms with van der Waals surface area (Å²) in [6.07, 6.45) is 3.41. The van der Waals surface area contributed by atoms with E-state index in [9.17, 15) is 0 Å². The van der Waals surface area contributed by atoms with Gasteiger partial charge >= 0.3 is 0 Å². The van der Waals surface area contributed by atoms with E-state index in [2.05, 4.69) is 67.4 Å². The number of nitrogens with zero attached hydrogens (tertiary/aromatic N) is 2. The highest BCUT2D eigenvalue weighted by Crippen LogP contribution is 2.21. The number of rotatable bonds is 4. The van der Waals surface area contributed by atoms with Gasteiger partial charge in [-0.05, 0) is 30.4 Å². The molecule has 3 heteroatoms. The number of benzene rings is 1. The van der Waals surface area contributed by atoms with Gasteiger partial charge in [0, 0.05) is 26.2 Å². The first-order valence-corrected chi connectivity index (χ1v) is 7.98. The third kappa shape index (κ3) is 4.62. The third-order valence-corrected chi connectivity index (χ3v) is 3.59. The Balaban J connectivity index is 2.03. The van der Waals surface area contributed by atoms with E-state index in [1.54, 1.807) is 0 Å². The summed E-state index contributed by atoms with van der Waals surface area (Å²) in [6.45, 7) is 10.3. The number of hydrogen-bond donors (Lipinski definition) is 1. The highest BCUT2D eigenvalue weighted by atomic mass is 15.3. The fourth-order valence-electron chi connectivity index (χ4n) is 2.47. The van der Waals surface area contributed by atoms with E-state index in [4.69, 9.17) is 4.99 Å². The Kier molecular flexibility index (Phi) is 5.85. The molecule has 1 heterocycles. The maximum atomic E-state index is 4.74. The first-order chi connectivity index (χ1) is 10.2. The molecular weight excluding hydrogens is 258 g/mol. The molecule has 0 spiro atoms. The second kappa shape index (κ2) is 7.87. The van der Waals surface area contributed by atoms with Crippen LogP contribution < -0.4 is 5.32 Å². The normalized spacial score (nSPS) is 16.1. The molecular formula is C18H27N3. The van der Waals surface area contributed by atoms with Crippen LogP contribution in [0.25, 0.3) is 5.57 Å². The maximum Gasteiger partial charge on any atom is 0.194 e. The summed E-state index contributed by atoms with van der Waals surface area (Å²) < 4.78 is 0. The van der Waals surface area contributed by atoms with Gasteiger partial charge in [0.1, 0.15) is 0 Å². The summed E-state index contributed by atoms with van der Waals surface area (Å²) in [5, 5.41) is 3.41. The Bertz CT molecular complexity index is 488. The number of aliphatic imine (C=N–C) groups is 1. The molecule has 1 aliphatic heterocycles. The molecule has 1 aliphatic rings. The lowest BCUT2D eigenvalue weighted by Crippen LogP contribution is -2.43. The first-order valence-electron chi connectivity index (χ1n) is 7.98. The molecule has 0 saturated carbocycles. The molecule has 114 valence electrons. The topological polar surface area (TPSA) is 27.6 Å². The van der Waals surface area contributed by atoms with Crippen LogP contribution in [0.5, 0.6) is 0 Å². The predicted molar refractivity (Wildman–Crippen MR) is 91.4 cm³/mol. The monoisotopic (exact) mass is 285 g/mol. The van der Waals surface area contributed by atoms with Crippen LogP contribution in [-0.4, -0.2) is 37.0 Å². The lowest BCUT2D eigenvalue weighted by atomic mass is 10.00. The molecule has 0 aromatic heterocycles. The minimum absolute atomic E-state index is 0.596. The van der Waals surface area contributed by atoms with Gasteiger partial charge in [0.2, 0.25) is 0 Å². The van der Waals surface area contributed by atoms with E-state index >= 15 is 0 Å². The Hall–Kier alpha value is -1.77. The van der Waals surface area contributed by atoms with Gasteiger partial charge in [-0.1, -0.05) is 50.3 Å².